The average Bonchev–Trinajstić information content (AvgIpc) is 3.54. The zero-order valence-corrected chi connectivity index (χ0v) is 22.0. The van der Waals surface area contributed by atoms with Crippen LogP contribution in [0.1, 0.15) is 61.1 Å². The molecule has 0 bridgehead atoms. The molecule has 37 heavy (non-hydrogen) atoms. The van der Waals surface area contributed by atoms with Crippen molar-refractivity contribution in [1.82, 2.24) is 9.97 Å². The molecule has 0 radical (unpaired) electrons. The maximum absolute atomic E-state index is 6.11. The van der Waals surface area contributed by atoms with Gasteiger partial charge in [-0.1, -0.05) is 48.7 Å². The van der Waals surface area contributed by atoms with Gasteiger partial charge >= 0.3 is 0 Å². The smallest absolute Gasteiger partial charge is 0.139 e. The van der Waals surface area contributed by atoms with Crippen LogP contribution in [0.4, 0.5) is 5.82 Å². The lowest BCUT2D eigenvalue weighted by atomic mass is 9.74. The first-order chi connectivity index (χ1) is 17.9. The van der Waals surface area contributed by atoms with Crippen LogP contribution in [-0.4, -0.2) is 28.8 Å². The molecular weight excluding hydrogens is 476 g/mol. The first kappa shape index (κ1) is 23.7. The van der Waals surface area contributed by atoms with E-state index in [0.717, 1.165) is 72.1 Å². The molecule has 0 amide bonds. The molecule has 2 aliphatic heterocycles. The molecule has 0 atom stereocenters. The molecule has 184 valence electrons. The highest BCUT2D eigenvalue weighted by Crippen LogP contribution is 2.43. The number of hydrogen-bond donors (Lipinski definition) is 0. The van der Waals surface area contributed by atoms with Crippen LogP contribution in [0, 0.1) is 17.8 Å². The number of benzene rings is 2. The molecule has 4 nitrogen and oxygen atoms in total. The molecule has 2 aromatic carbocycles. The number of nitrogens with zero attached hydrogens (tertiary/aromatic N) is 4. The molecule has 0 spiro atoms. The second-order valence-corrected chi connectivity index (χ2v) is 10.9. The number of allylic oxidation sites excluding steroid dienone is 3. The summed E-state index contributed by atoms with van der Waals surface area (Å²) in [6.07, 6.45) is 13.3. The second-order valence-electron chi connectivity index (χ2n) is 10.5. The van der Waals surface area contributed by atoms with Crippen molar-refractivity contribution in [3.8, 4) is 12.3 Å². The van der Waals surface area contributed by atoms with Gasteiger partial charge in [-0.25, -0.2) is 9.97 Å². The molecule has 1 aromatic heterocycles. The molecule has 0 unspecified atom stereocenters. The summed E-state index contributed by atoms with van der Waals surface area (Å²) in [5.41, 5.74) is 10.7. The highest BCUT2D eigenvalue weighted by Gasteiger charge is 2.38. The Labute approximate surface area is 223 Å². The molecule has 5 heteroatoms. The fraction of sp³-hybridized carbons (Fsp3) is 0.281. The van der Waals surface area contributed by atoms with Crippen LogP contribution in [0.25, 0.3) is 17.2 Å². The number of terminal acetylenes is 1. The molecule has 6 rings (SSSR count). The third-order valence-electron chi connectivity index (χ3n) is 8.18. The Balaban J connectivity index is 1.17. The number of hydrogen-bond acceptors (Lipinski definition) is 4. The Kier molecular flexibility index (Phi) is 5.97. The number of fused-ring (bicyclic) bond motifs is 1. The summed E-state index contributed by atoms with van der Waals surface area (Å²) in [6, 6.07) is 16.3. The van der Waals surface area contributed by atoms with Crippen molar-refractivity contribution in [3.05, 3.63) is 93.5 Å². The molecule has 1 fully saturated rings. The lowest BCUT2D eigenvalue weighted by molar-refractivity contribution is 0.351. The van der Waals surface area contributed by atoms with E-state index in [1.807, 2.05) is 24.3 Å². The van der Waals surface area contributed by atoms with Gasteiger partial charge in [0.1, 0.15) is 12.1 Å². The van der Waals surface area contributed by atoms with Crippen molar-refractivity contribution >= 4 is 40.4 Å². The minimum atomic E-state index is 0.0852. The van der Waals surface area contributed by atoms with Crippen molar-refractivity contribution in [2.24, 2.45) is 10.4 Å². The largest absolute Gasteiger partial charge is 0.356 e. The maximum Gasteiger partial charge on any atom is 0.139 e. The summed E-state index contributed by atoms with van der Waals surface area (Å²) in [5.74, 6) is 3.74. The van der Waals surface area contributed by atoms with E-state index >= 15 is 0 Å². The molecule has 3 heterocycles. The predicted molar refractivity (Wildman–Crippen MR) is 154 cm³/mol. The molecular formula is C32H29ClN4. The summed E-state index contributed by atoms with van der Waals surface area (Å²) in [7, 11) is 0. The third kappa shape index (κ3) is 4.38. The number of aliphatic imine (C=N–C) groups is 1. The van der Waals surface area contributed by atoms with Gasteiger partial charge in [-0.3, -0.25) is 4.99 Å². The highest BCUT2D eigenvalue weighted by atomic mass is 35.5. The fourth-order valence-electron chi connectivity index (χ4n) is 5.75. The second kappa shape index (κ2) is 9.32. The molecule has 0 saturated carbocycles. The topological polar surface area (TPSA) is 41.4 Å². The fourth-order valence-corrected chi connectivity index (χ4v) is 5.88. The Bertz CT molecular complexity index is 1500. The number of piperidine rings is 1. The van der Waals surface area contributed by atoms with Gasteiger partial charge in [-0.15, -0.1) is 6.42 Å². The lowest BCUT2D eigenvalue weighted by Crippen LogP contribution is -2.43. The number of aromatic nitrogens is 2. The van der Waals surface area contributed by atoms with Crippen molar-refractivity contribution in [2.75, 3.05) is 18.0 Å². The van der Waals surface area contributed by atoms with Crippen LogP contribution < -0.4 is 4.90 Å². The van der Waals surface area contributed by atoms with Gasteiger partial charge < -0.3 is 4.90 Å². The van der Waals surface area contributed by atoms with Crippen molar-refractivity contribution in [1.29, 1.82) is 0 Å². The first-order valence-corrected chi connectivity index (χ1v) is 13.2. The maximum atomic E-state index is 6.11. The minimum absolute atomic E-state index is 0.0852. The first-order valence-electron chi connectivity index (χ1n) is 12.8. The number of anilines is 1. The van der Waals surface area contributed by atoms with E-state index in [9.17, 15) is 0 Å². The number of rotatable bonds is 4. The molecule has 3 aliphatic rings. The summed E-state index contributed by atoms with van der Waals surface area (Å²) >= 11 is 6.11. The standard InChI is InChI=1S/C32H29ClN4/c1-4-22-5-7-23(8-6-22)25-17-28-29(18-25)34-20-35-31(28)37-15-13-32(3,14-16-37)30-19-27(21(2)36-30)24-9-11-26(33)12-10-24/h1,5-12,17,20H,13-16,18-19H2,2-3H3. The molecule has 0 N–H and O–H groups in total. The van der Waals surface area contributed by atoms with Crippen LogP contribution in [0.15, 0.2) is 65.5 Å². The van der Waals surface area contributed by atoms with Crippen LogP contribution in [-0.2, 0) is 6.42 Å². The van der Waals surface area contributed by atoms with Gasteiger partial charge in [0.25, 0.3) is 0 Å². The quantitative estimate of drug-likeness (QED) is 0.356. The molecule has 1 saturated heterocycles. The van der Waals surface area contributed by atoms with E-state index in [4.69, 9.17) is 28.0 Å². The van der Waals surface area contributed by atoms with Crippen molar-refractivity contribution in [2.45, 2.75) is 39.5 Å². The van der Waals surface area contributed by atoms with E-state index < -0.39 is 0 Å². The van der Waals surface area contributed by atoms with E-state index in [0.29, 0.717) is 0 Å². The van der Waals surface area contributed by atoms with Gasteiger partial charge in [0.15, 0.2) is 0 Å². The van der Waals surface area contributed by atoms with Gasteiger partial charge in [-0.05, 0) is 72.4 Å². The summed E-state index contributed by atoms with van der Waals surface area (Å²) < 4.78 is 0. The van der Waals surface area contributed by atoms with Gasteiger partial charge in [0, 0.05) is 58.9 Å². The van der Waals surface area contributed by atoms with Crippen molar-refractivity contribution in [3.63, 3.8) is 0 Å². The van der Waals surface area contributed by atoms with Crippen LogP contribution in [0.3, 0.4) is 0 Å². The Morgan fingerprint density at radius 3 is 2.35 bits per heavy atom. The van der Waals surface area contributed by atoms with E-state index in [1.165, 1.54) is 28.0 Å². The van der Waals surface area contributed by atoms with Crippen LogP contribution in [0.5, 0.6) is 0 Å². The third-order valence-corrected chi connectivity index (χ3v) is 8.44. The zero-order chi connectivity index (χ0) is 25.6. The van der Waals surface area contributed by atoms with Gasteiger partial charge in [0.2, 0.25) is 0 Å². The molecule has 1 aliphatic carbocycles. The Morgan fingerprint density at radius 1 is 0.946 bits per heavy atom. The van der Waals surface area contributed by atoms with Crippen LogP contribution in [0.2, 0.25) is 5.02 Å². The predicted octanol–water partition coefficient (Wildman–Crippen LogP) is 7.09. The van der Waals surface area contributed by atoms with Crippen molar-refractivity contribution < 1.29 is 0 Å². The molecule has 3 aromatic rings. The van der Waals surface area contributed by atoms with Crippen LogP contribution >= 0.6 is 11.6 Å². The van der Waals surface area contributed by atoms with E-state index in [2.05, 4.69) is 60.0 Å². The van der Waals surface area contributed by atoms with Gasteiger partial charge in [-0.2, -0.15) is 0 Å². The van der Waals surface area contributed by atoms with E-state index in [1.54, 1.807) is 6.33 Å². The van der Waals surface area contributed by atoms with E-state index in [-0.39, 0.29) is 5.41 Å². The Hall–Kier alpha value is -3.68. The minimum Gasteiger partial charge on any atom is -0.356 e. The zero-order valence-electron chi connectivity index (χ0n) is 21.3. The highest BCUT2D eigenvalue weighted by molar-refractivity contribution is 6.30. The summed E-state index contributed by atoms with van der Waals surface area (Å²) in [5, 5.41) is 0.764. The van der Waals surface area contributed by atoms with Gasteiger partial charge in [0.05, 0.1) is 5.69 Å². The lowest BCUT2D eigenvalue weighted by Gasteiger charge is -2.40. The SMILES string of the molecule is C#Cc1ccc(C2=Cc3c(ncnc3N3CCC(C)(C4=NC(C)=C(c5ccc(Cl)cc5)C4)CC3)C2)cc1. The monoisotopic (exact) mass is 504 g/mol. The average molecular weight is 505 g/mol. The summed E-state index contributed by atoms with van der Waals surface area (Å²) in [4.78, 5) is 16.9. The summed E-state index contributed by atoms with van der Waals surface area (Å²) in [6.45, 7) is 6.41. The number of halogens is 1. The Morgan fingerprint density at radius 2 is 1.65 bits per heavy atom. The normalized spacial score (nSPS) is 18.4.